The lowest BCUT2D eigenvalue weighted by molar-refractivity contribution is 0.476. The van der Waals surface area contributed by atoms with Gasteiger partial charge in [0.25, 0.3) is 0 Å². The molecule has 8 heteroatoms. The second kappa shape index (κ2) is 5.49. The van der Waals surface area contributed by atoms with E-state index in [-0.39, 0.29) is 0 Å². The summed E-state index contributed by atoms with van der Waals surface area (Å²) in [5.74, 6) is 1.24. The highest BCUT2D eigenvalue weighted by Gasteiger charge is 2.21. The van der Waals surface area contributed by atoms with Gasteiger partial charge < -0.3 is 10.6 Å². The monoisotopic (exact) mass is 273 g/mol. The van der Waals surface area contributed by atoms with Gasteiger partial charge in [0.15, 0.2) is 0 Å². The van der Waals surface area contributed by atoms with Crippen molar-refractivity contribution in [3.63, 3.8) is 0 Å². The minimum Gasteiger partial charge on any atom is -0.372 e. The molecule has 1 heterocycles. The van der Waals surface area contributed by atoms with Gasteiger partial charge in [-0.3, -0.25) is 4.98 Å². The van der Waals surface area contributed by atoms with Crippen molar-refractivity contribution in [3.8, 4) is 0 Å². The quantitative estimate of drug-likeness (QED) is 0.688. The van der Waals surface area contributed by atoms with Crippen LogP contribution in [-0.2, 0) is 10.0 Å². The first-order chi connectivity index (χ1) is 8.22. The molecular weight excluding hydrogens is 254 g/mol. The highest BCUT2D eigenvalue weighted by Crippen LogP contribution is 2.09. The zero-order chi connectivity index (χ0) is 13.8. The Bertz CT molecular complexity index is 501. The first-order valence-corrected chi connectivity index (χ1v) is 7.34. The Balaban J connectivity index is 2.63. The van der Waals surface area contributed by atoms with Crippen LogP contribution in [0.3, 0.4) is 0 Å². The molecule has 0 spiro atoms. The van der Waals surface area contributed by atoms with E-state index in [1.165, 1.54) is 0 Å². The van der Waals surface area contributed by atoms with Crippen LogP contribution in [0.25, 0.3) is 0 Å². The minimum absolute atomic E-state index is 0.405. The van der Waals surface area contributed by atoms with Gasteiger partial charge in [-0.2, -0.15) is 0 Å². The Labute approximate surface area is 107 Å². The summed E-state index contributed by atoms with van der Waals surface area (Å²) in [5, 5.41) is 5.92. The number of nitrogens with one attached hydrogen (secondary N) is 3. The summed E-state index contributed by atoms with van der Waals surface area (Å²) in [5.41, 5.74) is -0.606. The molecule has 0 aromatic carbocycles. The van der Waals surface area contributed by atoms with Gasteiger partial charge >= 0.3 is 0 Å². The number of anilines is 2. The number of aromatic nitrogens is 2. The van der Waals surface area contributed by atoms with Crippen LogP contribution in [-0.4, -0.2) is 43.8 Å². The lowest BCUT2D eigenvalue weighted by atomic mass is 10.1. The van der Waals surface area contributed by atoms with Crippen molar-refractivity contribution in [3.05, 3.63) is 12.4 Å². The van der Waals surface area contributed by atoms with E-state index in [4.69, 9.17) is 0 Å². The standard InChI is InChI=1S/C10H19N5O2S/c1-10(2,15-18(4,16)17)7-13-9-6-12-5-8(11-3)14-9/h5-6,15H,7H2,1-4H3,(H2,11,13,14). The van der Waals surface area contributed by atoms with E-state index in [0.29, 0.717) is 18.2 Å². The number of hydrogen-bond donors (Lipinski definition) is 3. The van der Waals surface area contributed by atoms with E-state index in [0.717, 1.165) is 6.26 Å². The van der Waals surface area contributed by atoms with Crippen LogP contribution in [0.1, 0.15) is 13.8 Å². The SMILES string of the molecule is CNc1cncc(NCC(C)(C)NS(C)(=O)=O)n1. The lowest BCUT2D eigenvalue weighted by Crippen LogP contribution is -2.47. The molecule has 0 fully saturated rings. The van der Waals surface area contributed by atoms with Gasteiger partial charge in [0.2, 0.25) is 10.0 Å². The van der Waals surface area contributed by atoms with E-state index >= 15 is 0 Å². The van der Waals surface area contributed by atoms with Crippen molar-refractivity contribution in [2.45, 2.75) is 19.4 Å². The predicted octanol–water partition coefficient (Wildman–Crippen LogP) is 0.258. The predicted molar refractivity (Wildman–Crippen MR) is 72.1 cm³/mol. The van der Waals surface area contributed by atoms with E-state index in [1.54, 1.807) is 33.3 Å². The summed E-state index contributed by atoms with van der Waals surface area (Å²) < 4.78 is 24.9. The fourth-order valence-corrected chi connectivity index (χ4v) is 2.50. The number of rotatable bonds is 6. The summed E-state index contributed by atoms with van der Waals surface area (Å²) >= 11 is 0. The van der Waals surface area contributed by atoms with Crippen molar-refractivity contribution in [2.75, 3.05) is 30.5 Å². The van der Waals surface area contributed by atoms with Crippen LogP contribution >= 0.6 is 0 Å². The minimum atomic E-state index is -3.24. The third-order valence-corrected chi connectivity index (χ3v) is 2.99. The zero-order valence-electron chi connectivity index (χ0n) is 11.0. The zero-order valence-corrected chi connectivity index (χ0v) is 11.8. The maximum atomic E-state index is 11.2. The molecule has 18 heavy (non-hydrogen) atoms. The summed E-state index contributed by atoms with van der Waals surface area (Å²) in [7, 11) is -1.48. The Morgan fingerprint density at radius 3 is 2.44 bits per heavy atom. The number of hydrogen-bond acceptors (Lipinski definition) is 6. The first-order valence-electron chi connectivity index (χ1n) is 5.44. The molecule has 0 amide bonds. The molecule has 3 N–H and O–H groups in total. The van der Waals surface area contributed by atoms with Crippen LogP contribution in [0.15, 0.2) is 12.4 Å². The maximum Gasteiger partial charge on any atom is 0.209 e. The molecule has 1 rings (SSSR count). The maximum absolute atomic E-state index is 11.2. The molecule has 0 aliphatic heterocycles. The molecular formula is C10H19N5O2S. The third-order valence-electron chi connectivity index (χ3n) is 2.06. The smallest absolute Gasteiger partial charge is 0.209 e. The van der Waals surface area contributed by atoms with Gasteiger partial charge in [-0.15, -0.1) is 0 Å². The van der Waals surface area contributed by atoms with Crippen molar-refractivity contribution in [1.82, 2.24) is 14.7 Å². The van der Waals surface area contributed by atoms with E-state index in [2.05, 4.69) is 25.3 Å². The van der Waals surface area contributed by atoms with Gasteiger partial charge in [-0.25, -0.2) is 18.1 Å². The Morgan fingerprint density at radius 2 is 1.89 bits per heavy atom. The fraction of sp³-hybridized carbons (Fsp3) is 0.600. The normalized spacial score (nSPS) is 12.2. The fourth-order valence-electron chi connectivity index (χ4n) is 1.42. The van der Waals surface area contributed by atoms with Gasteiger partial charge in [-0.1, -0.05) is 0 Å². The molecule has 0 aliphatic rings. The Kier molecular flexibility index (Phi) is 4.47. The van der Waals surface area contributed by atoms with Crippen molar-refractivity contribution in [1.29, 1.82) is 0 Å². The highest BCUT2D eigenvalue weighted by atomic mass is 32.2. The largest absolute Gasteiger partial charge is 0.372 e. The lowest BCUT2D eigenvalue weighted by Gasteiger charge is -2.25. The van der Waals surface area contributed by atoms with Crippen molar-refractivity contribution in [2.24, 2.45) is 0 Å². The average Bonchev–Trinajstić information content (AvgIpc) is 2.24. The Hall–Kier alpha value is -1.41. The van der Waals surface area contributed by atoms with E-state index in [9.17, 15) is 8.42 Å². The van der Waals surface area contributed by atoms with Crippen molar-refractivity contribution < 1.29 is 8.42 Å². The third kappa shape index (κ3) is 5.28. The van der Waals surface area contributed by atoms with Crippen LogP contribution in [0.5, 0.6) is 0 Å². The molecule has 0 radical (unpaired) electrons. The van der Waals surface area contributed by atoms with Gasteiger partial charge in [0, 0.05) is 19.1 Å². The summed E-state index contributed by atoms with van der Waals surface area (Å²) in [6.07, 6.45) is 4.32. The molecule has 1 aromatic rings. The van der Waals surface area contributed by atoms with Gasteiger partial charge in [0.05, 0.1) is 18.6 Å². The topological polar surface area (TPSA) is 96.0 Å². The molecule has 0 saturated heterocycles. The average molecular weight is 273 g/mol. The van der Waals surface area contributed by atoms with Crippen LogP contribution in [0.2, 0.25) is 0 Å². The molecule has 0 atom stereocenters. The second-order valence-corrected chi connectivity index (χ2v) is 6.40. The summed E-state index contributed by atoms with van der Waals surface area (Å²) in [6.45, 7) is 3.98. The Morgan fingerprint density at radius 1 is 1.28 bits per heavy atom. The molecule has 0 bridgehead atoms. The molecule has 0 saturated carbocycles. The summed E-state index contributed by atoms with van der Waals surface area (Å²) in [6, 6.07) is 0. The van der Waals surface area contributed by atoms with E-state index in [1.807, 2.05) is 0 Å². The van der Waals surface area contributed by atoms with Gasteiger partial charge in [0.1, 0.15) is 11.6 Å². The number of nitrogens with zero attached hydrogens (tertiary/aromatic N) is 2. The first kappa shape index (κ1) is 14.7. The van der Waals surface area contributed by atoms with Crippen LogP contribution in [0.4, 0.5) is 11.6 Å². The van der Waals surface area contributed by atoms with E-state index < -0.39 is 15.6 Å². The van der Waals surface area contributed by atoms with Gasteiger partial charge in [-0.05, 0) is 13.8 Å². The summed E-state index contributed by atoms with van der Waals surface area (Å²) in [4.78, 5) is 8.23. The molecule has 102 valence electrons. The van der Waals surface area contributed by atoms with Crippen LogP contribution in [0, 0.1) is 0 Å². The molecule has 7 nitrogen and oxygen atoms in total. The highest BCUT2D eigenvalue weighted by molar-refractivity contribution is 7.88. The molecule has 0 unspecified atom stereocenters. The second-order valence-electron chi connectivity index (χ2n) is 4.65. The molecule has 0 aliphatic carbocycles. The number of sulfonamides is 1. The van der Waals surface area contributed by atoms with Crippen LogP contribution < -0.4 is 15.4 Å². The molecule has 1 aromatic heterocycles. The van der Waals surface area contributed by atoms with Crippen molar-refractivity contribution >= 4 is 21.7 Å².